The second-order valence-electron chi connectivity index (χ2n) is 10.8. The average molecular weight is 593 g/mol. The standard InChI is InChI=1S/C27H28Cl2F2N6O3/c1-13-32-26(37(34-13)20-9-15(28)5-6-16(20)27(2,3)4)22-10-21(25(39)23(12-38)40-22)36-11-19(33-35-36)14-7-17(30)24(29)18(31)8-14/h5-9,11,21-23,25,38-39H,10,12H2,1-4H3. The molecule has 0 bridgehead atoms. The molecule has 2 aromatic heterocycles. The van der Waals surface area contributed by atoms with Crippen LogP contribution in [0.4, 0.5) is 8.78 Å². The van der Waals surface area contributed by atoms with Gasteiger partial charge in [0.1, 0.15) is 46.5 Å². The molecule has 0 amide bonds. The van der Waals surface area contributed by atoms with Crippen molar-refractivity contribution in [3.05, 3.63) is 75.4 Å². The molecule has 40 heavy (non-hydrogen) atoms. The number of nitrogens with zero attached hydrogens (tertiary/aromatic N) is 6. The molecule has 0 aliphatic carbocycles. The lowest BCUT2D eigenvalue weighted by molar-refractivity contribution is -0.161. The summed E-state index contributed by atoms with van der Waals surface area (Å²) >= 11 is 12.0. The number of aliphatic hydroxyl groups excluding tert-OH is 2. The summed E-state index contributed by atoms with van der Waals surface area (Å²) < 4.78 is 37.3. The smallest absolute Gasteiger partial charge is 0.161 e. The number of hydrogen-bond acceptors (Lipinski definition) is 7. The molecule has 4 aromatic rings. The first kappa shape index (κ1) is 28.6. The maximum Gasteiger partial charge on any atom is 0.161 e. The normalized spacial score (nSPS) is 21.6. The van der Waals surface area contributed by atoms with Crippen LogP contribution in [0.15, 0.2) is 36.5 Å². The van der Waals surface area contributed by atoms with Gasteiger partial charge in [-0.15, -0.1) is 5.10 Å². The first-order valence-corrected chi connectivity index (χ1v) is 13.4. The molecular weight excluding hydrogens is 565 g/mol. The number of aromatic nitrogens is 6. The van der Waals surface area contributed by atoms with Crippen LogP contribution in [0.5, 0.6) is 0 Å². The zero-order valence-electron chi connectivity index (χ0n) is 22.2. The number of benzene rings is 2. The van der Waals surface area contributed by atoms with E-state index in [4.69, 9.17) is 27.9 Å². The van der Waals surface area contributed by atoms with Gasteiger partial charge in [0.15, 0.2) is 5.82 Å². The molecule has 3 heterocycles. The highest BCUT2D eigenvalue weighted by atomic mass is 35.5. The molecule has 212 valence electrons. The summed E-state index contributed by atoms with van der Waals surface area (Å²) in [4.78, 5) is 4.65. The molecule has 9 nitrogen and oxygen atoms in total. The predicted octanol–water partition coefficient (Wildman–Crippen LogP) is 5.14. The third kappa shape index (κ3) is 5.36. The summed E-state index contributed by atoms with van der Waals surface area (Å²) in [6.07, 6.45) is -1.20. The van der Waals surface area contributed by atoms with Crippen LogP contribution in [0, 0.1) is 18.6 Å². The van der Waals surface area contributed by atoms with Gasteiger partial charge in [0.2, 0.25) is 0 Å². The Kier molecular flexibility index (Phi) is 7.71. The highest BCUT2D eigenvalue weighted by molar-refractivity contribution is 6.31. The number of aryl methyl sites for hydroxylation is 1. The van der Waals surface area contributed by atoms with Crippen LogP contribution in [0.1, 0.15) is 56.6 Å². The molecule has 4 unspecified atom stereocenters. The fourth-order valence-electron chi connectivity index (χ4n) is 4.94. The van der Waals surface area contributed by atoms with Gasteiger partial charge in [-0.2, -0.15) is 5.10 Å². The van der Waals surface area contributed by atoms with Gasteiger partial charge in [-0.05, 0) is 42.2 Å². The number of ether oxygens (including phenoxy) is 1. The number of halogens is 4. The second kappa shape index (κ2) is 10.8. The van der Waals surface area contributed by atoms with Gasteiger partial charge in [0, 0.05) is 17.0 Å². The third-order valence-electron chi connectivity index (χ3n) is 6.90. The fraction of sp³-hybridized carbons (Fsp3) is 0.407. The van der Waals surface area contributed by atoms with Crippen molar-refractivity contribution in [2.45, 2.75) is 63.9 Å². The molecular formula is C27H28Cl2F2N6O3. The van der Waals surface area contributed by atoms with Gasteiger partial charge in [-0.25, -0.2) is 23.1 Å². The van der Waals surface area contributed by atoms with Gasteiger partial charge in [0.05, 0.1) is 24.5 Å². The molecule has 1 fully saturated rings. The Balaban J connectivity index is 1.54. The maximum absolute atomic E-state index is 14.1. The molecule has 0 saturated carbocycles. The second-order valence-corrected chi connectivity index (χ2v) is 11.6. The minimum atomic E-state index is -1.16. The van der Waals surface area contributed by atoms with E-state index in [1.54, 1.807) is 11.6 Å². The van der Waals surface area contributed by atoms with Crippen molar-refractivity contribution in [3.8, 4) is 16.9 Å². The van der Waals surface area contributed by atoms with Gasteiger partial charge in [0.25, 0.3) is 0 Å². The van der Waals surface area contributed by atoms with Crippen LogP contribution in [0.25, 0.3) is 16.9 Å². The van der Waals surface area contributed by atoms with Crippen LogP contribution in [-0.2, 0) is 10.2 Å². The molecule has 2 N–H and O–H groups in total. The number of rotatable bonds is 5. The lowest BCUT2D eigenvalue weighted by atomic mass is 9.85. The maximum atomic E-state index is 14.1. The SMILES string of the molecule is Cc1nc(C2CC(n3cc(-c4cc(F)c(Cl)c(F)c4)nn3)C(O)C(CO)O2)n(-c2cc(Cl)ccc2C(C)(C)C)n1. The molecule has 5 rings (SSSR count). The largest absolute Gasteiger partial charge is 0.394 e. The monoisotopic (exact) mass is 592 g/mol. The van der Waals surface area contributed by atoms with Crippen molar-refractivity contribution in [1.82, 2.24) is 29.8 Å². The Morgan fingerprint density at radius 3 is 2.48 bits per heavy atom. The van der Waals surface area contributed by atoms with Crippen molar-refractivity contribution in [2.24, 2.45) is 0 Å². The zero-order chi connectivity index (χ0) is 28.9. The first-order valence-electron chi connectivity index (χ1n) is 12.6. The van der Waals surface area contributed by atoms with Crippen molar-refractivity contribution in [1.29, 1.82) is 0 Å². The van der Waals surface area contributed by atoms with E-state index in [1.165, 1.54) is 10.9 Å². The van der Waals surface area contributed by atoms with Crippen LogP contribution in [0.3, 0.4) is 0 Å². The van der Waals surface area contributed by atoms with E-state index in [2.05, 4.69) is 41.2 Å². The van der Waals surface area contributed by atoms with Gasteiger partial charge in [-0.3, -0.25) is 0 Å². The van der Waals surface area contributed by atoms with Gasteiger partial charge >= 0.3 is 0 Å². The summed E-state index contributed by atoms with van der Waals surface area (Å²) in [5, 5.41) is 33.8. The highest BCUT2D eigenvalue weighted by Gasteiger charge is 2.42. The molecule has 13 heteroatoms. The highest BCUT2D eigenvalue weighted by Crippen LogP contribution is 2.39. The lowest BCUT2D eigenvalue weighted by Crippen LogP contribution is -2.45. The number of hydrogen-bond donors (Lipinski definition) is 2. The predicted molar refractivity (Wildman–Crippen MR) is 145 cm³/mol. The summed E-state index contributed by atoms with van der Waals surface area (Å²) in [7, 11) is 0. The van der Waals surface area contributed by atoms with E-state index in [-0.39, 0.29) is 23.1 Å². The van der Waals surface area contributed by atoms with Crippen molar-refractivity contribution in [2.75, 3.05) is 6.61 Å². The van der Waals surface area contributed by atoms with Gasteiger partial charge < -0.3 is 14.9 Å². The topological polar surface area (TPSA) is 111 Å². The summed E-state index contributed by atoms with van der Waals surface area (Å²) in [6.45, 7) is 7.52. The molecule has 0 spiro atoms. The minimum Gasteiger partial charge on any atom is -0.394 e. The molecule has 1 saturated heterocycles. The Hall–Kier alpha value is -2.96. The lowest BCUT2D eigenvalue weighted by Gasteiger charge is -2.38. The Morgan fingerprint density at radius 1 is 1.12 bits per heavy atom. The number of aliphatic hydroxyl groups is 2. The molecule has 4 atom stereocenters. The van der Waals surface area contributed by atoms with E-state index < -0.39 is 47.6 Å². The summed E-state index contributed by atoms with van der Waals surface area (Å²) in [5.41, 5.74) is 1.79. The Bertz CT molecular complexity index is 1530. The zero-order valence-corrected chi connectivity index (χ0v) is 23.7. The van der Waals surface area contributed by atoms with E-state index in [9.17, 15) is 19.0 Å². The van der Waals surface area contributed by atoms with Crippen LogP contribution in [-0.4, -0.2) is 58.8 Å². The first-order chi connectivity index (χ1) is 18.9. The van der Waals surface area contributed by atoms with E-state index in [1.807, 2.05) is 18.2 Å². The van der Waals surface area contributed by atoms with E-state index >= 15 is 0 Å². The van der Waals surface area contributed by atoms with Crippen LogP contribution in [0.2, 0.25) is 10.0 Å². The van der Waals surface area contributed by atoms with Gasteiger partial charge in [-0.1, -0.05) is 55.3 Å². The minimum absolute atomic E-state index is 0.133. The summed E-state index contributed by atoms with van der Waals surface area (Å²) in [5.74, 6) is -0.898. The Morgan fingerprint density at radius 2 is 1.82 bits per heavy atom. The van der Waals surface area contributed by atoms with E-state index in [0.717, 1.165) is 23.4 Å². The van der Waals surface area contributed by atoms with Crippen molar-refractivity contribution >= 4 is 23.2 Å². The average Bonchev–Trinajstić information content (AvgIpc) is 3.53. The molecule has 0 radical (unpaired) electrons. The van der Waals surface area contributed by atoms with Crippen molar-refractivity contribution in [3.63, 3.8) is 0 Å². The van der Waals surface area contributed by atoms with Crippen LogP contribution >= 0.6 is 23.2 Å². The van der Waals surface area contributed by atoms with Crippen molar-refractivity contribution < 1.29 is 23.7 Å². The molecule has 1 aliphatic rings. The third-order valence-corrected chi connectivity index (χ3v) is 7.50. The summed E-state index contributed by atoms with van der Waals surface area (Å²) in [6, 6.07) is 6.98. The molecule has 1 aliphatic heterocycles. The van der Waals surface area contributed by atoms with Crippen LogP contribution < -0.4 is 0 Å². The Labute approximate surface area is 239 Å². The fourth-order valence-corrected chi connectivity index (χ4v) is 5.22. The molecule has 2 aromatic carbocycles. The van der Waals surface area contributed by atoms with E-state index in [0.29, 0.717) is 16.7 Å². The quantitative estimate of drug-likeness (QED) is 0.309.